The summed E-state index contributed by atoms with van der Waals surface area (Å²) in [6, 6.07) is 19.7. The van der Waals surface area contributed by atoms with Crippen molar-refractivity contribution in [3.8, 4) is 11.5 Å². The number of ether oxygens (including phenoxy) is 1. The van der Waals surface area contributed by atoms with Crippen molar-refractivity contribution >= 4 is 5.95 Å². The third-order valence-corrected chi connectivity index (χ3v) is 3.27. The standard InChI is InChI=1S/C18H17N3O/c1-14(21-18-19-12-5-13-20-18)15-8-10-17(11-9-15)22-16-6-3-2-4-7-16/h2-14H,1H3,(H,19,20,21)/t14-/m0/s1. The van der Waals surface area contributed by atoms with Crippen LogP contribution in [0, 0.1) is 0 Å². The highest BCUT2D eigenvalue weighted by atomic mass is 16.5. The van der Waals surface area contributed by atoms with Gasteiger partial charge >= 0.3 is 0 Å². The number of aromatic nitrogens is 2. The average Bonchev–Trinajstić information content (AvgIpc) is 2.57. The zero-order chi connectivity index (χ0) is 15.2. The first kappa shape index (κ1) is 14.1. The Morgan fingerprint density at radius 2 is 1.45 bits per heavy atom. The van der Waals surface area contributed by atoms with Crippen LogP contribution in [0.1, 0.15) is 18.5 Å². The number of hydrogen-bond donors (Lipinski definition) is 1. The van der Waals surface area contributed by atoms with E-state index in [2.05, 4.69) is 22.2 Å². The topological polar surface area (TPSA) is 47.0 Å². The SMILES string of the molecule is C[C@H](Nc1ncccn1)c1ccc(Oc2ccccc2)cc1. The highest BCUT2D eigenvalue weighted by molar-refractivity contribution is 5.36. The van der Waals surface area contributed by atoms with Gasteiger partial charge < -0.3 is 10.1 Å². The van der Waals surface area contributed by atoms with E-state index >= 15 is 0 Å². The van der Waals surface area contributed by atoms with Gasteiger partial charge in [0.15, 0.2) is 0 Å². The molecule has 0 aliphatic carbocycles. The van der Waals surface area contributed by atoms with Crippen molar-refractivity contribution in [2.24, 2.45) is 0 Å². The number of nitrogens with one attached hydrogen (secondary N) is 1. The Balaban J connectivity index is 1.66. The lowest BCUT2D eigenvalue weighted by Gasteiger charge is -2.14. The summed E-state index contributed by atoms with van der Waals surface area (Å²) >= 11 is 0. The molecule has 0 aliphatic rings. The van der Waals surface area contributed by atoms with Crippen LogP contribution < -0.4 is 10.1 Å². The summed E-state index contributed by atoms with van der Waals surface area (Å²) < 4.78 is 5.79. The van der Waals surface area contributed by atoms with E-state index in [4.69, 9.17) is 4.74 Å². The second-order valence-corrected chi connectivity index (χ2v) is 4.92. The van der Waals surface area contributed by atoms with Crippen LogP contribution in [0.4, 0.5) is 5.95 Å². The average molecular weight is 291 g/mol. The maximum Gasteiger partial charge on any atom is 0.223 e. The summed E-state index contributed by atoms with van der Waals surface area (Å²) in [5, 5.41) is 3.26. The number of nitrogens with zero attached hydrogens (tertiary/aromatic N) is 2. The van der Waals surface area contributed by atoms with Gasteiger partial charge in [-0.15, -0.1) is 0 Å². The number of rotatable bonds is 5. The van der Waals surface area contributed by atoms with Crippen LogP contribution in [0.5, 0.6) is 11.5 Å². The van der Waals surface area contributed by atoms with E-state index in [1.54, 1.807) is 18.5 Å². The Morgan fingerprint density at radius 1 is 0.818 bits per heavy atom. The molecule has 22 heavy (non-hydrogen) atoms. The van der Waals surface area contributed by atoms with Gasteiger partial charge in [0.1, 0.15) is 11.5 Å². The molecule has 0 saturated heterocycles. The van der Waals surface area contributed by atoms with Gasteiger partial charge in [-0.2, -0.15) is 0 Å². The smallest absolute Gasteiger partial charge is 0.223 e. The molecule has 1 heterocycles. The van der Waals surface area contributed by atoms with Gasteiger partial charge in [-0.25, -0.2) is 9.97 Å². The summed E-state index contributed by atoms with van der Waals surface area (Å²) in [6.07, 6.45) is 3.44. The highest BCUT2D eigenvalue weighted by Crippen LogP contribution is 2.24. The molecule has 0 radical (unpaired) electrons. The molecule has 1 aromatic heterocycles. The fourth-order valence-electron chi connectivity index (χ4n) is 2.10. The molecule has 0 fully saturated rings. The molecule has 0 bridgehead atoms. The third-order valence-electron chi connectivity index (χ3n) is 3.27. The number of hydrogen-bond acceptors (Lipinski definition) is 4. The minimum absolute atomic E-state index is 0.119. The molecule has 2 aromatic carbocycles. The van der Waals surface area contributed by atoms with E-state index in [1.807, 2.05) is 54.6 Å². The molecule has 110 valence electrons. The van der Waals surface area contributed by atoms with E-state index in [-0.39, 0.29) is 6.04 Å². The van der Waals surface area contributed by atoms with Crippen molar-refractivity contribution in [3.05, 3.63) is 78.6 Å². The number of anilines is 1. The highest BCUT2D eigenvalue weighted by Gasteiger charge is 2.07. The molecule has 4 heteroatoms. The van der Waals surface area contributed by atoms with Gasteiger partial charge in [0.2, 0.25) is 5.95 Å². The molecule has 1 atom stereocenters. The molecular formula is C18H17N3O. The van der Waals surface area contributed by atoms with Gasteiger partial charge in [0.25, 0.3) is 0 Å². The zero-order valence-electron chi connectivity index (χ0n) is 12.3. The lowest BCUT2D eigenvalue weighted by molar-refractivity contribution is 0.482. The van der Waals surface area contributed by atoms with Crippen molar-refractivity contribution in [2.75, 3.05) is 5.32 Å². The Bertz CT molecular complexity index is 699. The molecule has 0 spiro atoms. The minimum atomic E-state index is 0.119. The summed E-state index contributed by atoms with van der Waals surface area (Å²) in [5.41, 5.74) is 1.15. The summed E-state index contributed by atoms with van der Waals surface area (Å²) in [6.45, 7) is 2.07. The fourth-order valence-corrected chi connectivity index (χ4v) is 2.10. The fraction of sp³-hybridized carbons (Fsp3) is 0.111. The van der Waals surface area contributed by atoms with Gasteiger partial charge in [-0.3, -0.25) is 0 Å². The Hall–Kier alpha value is -2.88. The molecule has 0 aliphatic heterocycles. The zero-order valence-corrected chi connectivity index (χ0v) is 12.3. The Morgan fingerprint density at radius 3 is 2.14 bits per heavy atom. The second kappa shape index (κ2) is 6.72. The lowest BCUT2D eigenvalue weighted by Crippen LogP contribution is -2.08. The molecule has 0 unspecified atom stereocenters. The minimum Gasteiger partial charge on any atom is -0.457 e. The van der Waals surface area contributed by atoms with E-state index in [0.717, 1.165) is 17.1 Å². The van der Waals surface area contributed by atoms with Gasteiger partial charge in [-0.1, -0.05) is 30.3 Å². The Kier molecular flexibility index (Phi) is 4.30. The number of para-hydroxylation sites is 1. The van der Waals surface area contributed by atoms with Crippen LogP contribution in [-0.2, 0) is 0 Å². The van der Waals surface area contributed by atoms with Crippen LogP contribution in [0.3, 0.4) is 0 Å². The van der Waals surface area contributed by atoms with Crippen molar-refractivity contribution in [1.29, 1.82) is 0 Å². The molecule has 0 saturated carbocycles. The first-order chi connectivity index (χ1) is 10.8. The predicted octanol–water partition coefficient (Wildman–Crippen LogP) is 4.44. The predicted molar refractivity (Wildman–Crippen MR) is 87.0 cm³/mol. The largest absolute Gasteiger partial charge is 0.457 e. The first-order valence-electron chi connectivity index (χ1n) is 7.18. The molecule has 3 aromatic rings. The van der Waals surface area contributed by atoms with Crippen LogP contribution in [0.2, 0.25) is 0 Å². The van der Waals surface area contributed by atoms with E-state index in [1.165, 1.54) is 0 Å². The second-order valence-electron chi connectivity index (χ2n) is 4.92. The molecular weight excluding hydrogens is 274 g/mol. The van der Waals surface area contributed by atoms with E-state index in [0.29, 0.717) is 5.95 Å². The van der Waals surface area contributed by atoms with Gasteiger partial charge in [0, 0.05) is 12.4 Å². The van der Waals surface area contributed by atoms with E-state index < -0.39 is 0 Å². The quantitative estimate of drug-likeness (QED) is 0.754. The van der Waals surface area contributed by atoms with Crippen LogP contribution in [0.25, 0.3) is 0 Å². The van der Waals surface area contributed by atoms with E-state index in [9.17, 15) is 0 Å². The Labute approximate surface area is 129 Å². The third kappa shape index (κ3) is 3.61. The first-order valence-corrected chi connectivity index (χ1v) is 7.18. The van der Waals surface area contributed by atoms with Gasteiger partial charge in [-0.05, 0) is 42.8 Å². The maximum atomic E-state index is 5.79. The lowest BCUT2D eigenvalue weighted by atomic mass is 10.1. The normalized spacial score (nSPS) is 11.7. The molecule has 0 amide bonds. The van der Waals surface area contributed by atoms with Gasteiger partial charge in [0.05, 0.1) is 6.04 Å². The molecule has 4 nitrogen and oxygen atoms in total. The summed E-state index contributed by atoms with van der Waals surface area (Å²) in [7, 11) is 0. The molecule has 3 rings (SSSR count). The van der Waals surface area contributed by atoms with Crippen molar-refractivity contribution in [2.45, 2.75) is 13.0 Å². The van der Waals surface area contributed by atoms with Crippen LogP contribution in [-0.4, -0.2) is 9.97 Å². The number of benzene rings is 2. The summed E-state index contributed by atoms with van der Waals surface area (Å²) in [5.74, 6) is 2.27. The van der Waals surface area contributed by atoms with Crippen LogP contribution >= 0.6 is 0 Å². The summed E-state index contributed by atoms with van der Waals surface area (Å²) in [4.78, 5) is 8.34. The maximum absolute atomic E-state index is 5.79. The monoisotopic (exact) mass is 291 g/mol. The van der Waals surface area contributed by atoms with Crippen LogP contribution in [0.15, 0.2) is 73.1 Å². The van der Waals surface area contributed by atoms with Crippen molar-refractivity contribution in [1.82, 2.24) is 9.97 Å². The van der Waals surface area contributed by atoms with Crippen molar-refractivity contribution < 1.29 is 4.74 Å². The van der Waals surface area contributed by atoms with Crippen molar-refractivity contribution in [3.63, 3.8) is 0 Å². The molecule has 1 N–H and O–H groups in total.